The third kappa shape index (κ3) is 114. The Morgan fingerprint density at radius 1 is 0.348 bits per heavy atom. The number of aliphatic hydroxyl groups is 3. The summed E-state index contributed by atoms with van der Waals surface area (Å²) >= 11 is 20.0. The predicted molar refractivity (Wildman–Crippen MR) is 635 cm³/mol. The average molecular weight is 2390 g/mol. The molecular formula is C115H217BBr6ClFN6O5Si3. The first kappa shape index (κ1) is 148. The standard InChI is InChI=1S/C23H43NOSi.2C17H28BrN.C17H37BrOSi.C17H29NO.C11H23BrO.C6H15ClSi.C6H7N.CH4O.BFHN.2BrH/c1-23(2,3)26(4,5)25-20-15-13-11-9-7-6-8-10-12-14-17-22-18-16-19-24-21-22;2*18-14-10-8-6-4-2-1-3-5-7-9-12-17-13-11-15-19-16-17;1-17(2,3)20(4,5)19-16-14-12-10-8-6-7-9-11-13-15-18;19-15-10-8-6-4-2-1-3-5-7-9-12-17-13-11-14-18-16-17;12-10-8-6-4-2-1-3-5-7-9-11-13;1-6(2,3)8(4,5)7;1-6-3-2-4-7-5-6;1-2;1-3-2;;/h16,18-19,21H,6-15,17,20H2,1-5H3;2*11,13,15-16H,1-10,12,14H2;6-16H2,1-5H3;11,13-14,16,19H,1-10,12,15H2;13H,1-11H2;1-5H3;2-5H,1H3;2H,1H3;1H;2*1H/i;;;;;;;;;1T;;. The molecule has 4 N–H and O–H groups in total. The Balaban J connectivity index is -0.000000289. The molecule has 5 rings (SSSR count). The third-order valence-electron chi connectivity index (χ3n) is 26.1. The maximum atomic E-state index is 10.1. The minimum absolute atomic E-state index is 0. The molecule has 11 nitrogen and oxygen atoms in total. The van der Waals surface area contributed by atoms with Crippen molar-refractivity contribution in [3.63, 3.8) is 0 Å². The van der Waals surface area contributed by atoms with Crippen molar-refractivity contribution in [1.29, 1.82) is 1.34 Å². The second kappa shape index (κ2) is 113. The van der Waals surface area contributed by atoms with Gasteiger partial charge in [0, 0.05) is 116 Å². The van der Waals surface area contributed by atoms with E-state index >= 15 is 0 Å². The summed E-state index contributed by atoms with van der Waals surface area (Å²) in [5.41, 5.74) is 6.78. The first-order chi connectivity index (χ1) is 65.9. The summed E-state index contributed by atoms with van der Waals surface area (Å²) in [6, 6.07) is 20.9. The van der Waals surface area contributed by atoms with Crippen molar-refractivity contribution in [2.45, 2.75) is 522 Å². The molecule has 5 heterocycles. The topological polar surface area (TPSA) is 157 Å². The van der Waals surface area contributed by atoms with Gasteiger partial charge in [0.05, 0.1) is 0 Å². The second-order valence-corrected chi connectivity index (χ2v) is 61.8. The molecule has 138 heavy (non-hydrogen) atoms. The quantitative estimate of drug-likeness (QED) is 0.0149. The molecule has 0 unspecified atom stereocenters. The number of halogens is 8. The van der Waals surface area contributed by atoms with E-state index in [9.17, 15) is 4.48 Å². The van der Waals surface area contributed by atoms with E-state index in [0.717, 1.165) is 38.5 Å². The van der Waals surface area contributed by atoms with E-state index in [-0.39, 0.29) is 34.0 Å². The van der Waals surface area contributed by atoms with Crippen LogP contribution in [0.25, 0.3) is 0 Å². The second-order valence-electron chi connectivity index (χ2n) is 41.8. The summed E-state index contributed by atoms with van der Waals surface area (Å²) in [6.45, 7) is 38.9. The molecule has 5 aromatic rings. The zero-order valence-corrected chi connectivity index (χ0v) is 105. The van der Waals surface area contributed by atoms with E-state index in [1.807, 2.05) is 86.8 Å². The molecule has 0 atom stereocenters. The summed E-state index contributed by atoms with van der Waals surface area (Å²) in [5, 5.41) is 31.7. The normalized spacial score (nSPS) is 11.2. The smallest absolute Gasteiger partial charge is 1.00 e. The number of aryl methyl sites for hydroxylation is 5. The zero-order valence-electron chi connectivity index (χ0n) is 93.1. The van der Waals surface area contributed by atoms with E-state index in [1.165, 1.54) is 429 Å². The van der Waals surface area contributed by atoms with E-state index in [4.69, 9.17) is 36.6 Å². The van der Waals surface area contributed by atoms with Gasteiger partial charge in [-0.15, -0.1) is 17.0 Å². The number of H-pyrrole nitrogens is 1. The van der Waals surface area contributed by atoms with Crippen molar-refractivity contribution in [2.75, 3.05) is 54.9 Å². The summed E-state index contributed by atoms with van der Waals surface area (Å²) in [4.78, 5) is 19.5. The Bertz CT molecular complexity index is 2970. The minimum Gasteiger partial charge on any atom is -1.00 e. The van der Waals surface area contributed by atoms with Crippen molar-refractivity contribution in [3.05, 3.63) is 150 Å². The van der Waals surface area contributed by atoms with Crippen LogP contribution >= 0.6 is 91.8 Å². The van der Waals surface area contributed by atoms with E-state index in [0.29, 0.717) is 35.9 Å². The molecule has 0 fully saturated rings. The number of rotatable bonds is 72. The number of hydrogen-bond donors (Lipinski definition) is 3. The monoisotopic (exact) mass is 2390 g/mol. The first-order valence-corrected chi connectivity index (χ1v) is 69.1. The summed E-state index contributed by atoms with van der Waals surface area (Å²) in [5.74, 6) is 0. The first-order valence-electron chi connectivity index (χ1n) is 55.4. The van der Waals surface area contributed by atoms with Crippen LogP contribution in [0.5, 0.6) is 0 Å². The number of aliphatic hydroxyl groups excluding tert-OH is 3. The van der Waals surface area contributed by atoms with E-state index in [2.05, 4.69) is 227 Å². The Morgan fingerprint density at radius 3 is 0.717 bits per heavy atom. The Morgan fingerprint density at radius 2 is 0.551 bits per heavy atom. The van der Waals surface area contributed by atoms with Crippen LogP contribution in [-0.4, -0.2) is 123 Å². The largest absolute Gasteiger partial charge is 1.00 e. The minimum atomic E-state index is -1.53. The number of nitrogens with zero attached hydrogens (tertiary/aromatic N) is 5. The summed E-state index contributed by atoms with van der Waals surface area (Å²) < 4.78 is 28.3. The number of hydrogen-bond acceptors (Lipinski definition) is 10. The molecule has 0 radical (unpaired) electrons. The molecule has 0 aromatic carbocycles. The van der Waals surface area contributed by atoms with Gasteiger partial charge in [0.25, 0.3) is 0 Å². The fourth-order valence-corrected chi connectivity index (χ4v) is 17.8. The molecule has 0 aliphatic carbocycles. The third-order valence-corrected chi connectivity index (χ3v) is 42.7. The van der Waals surface area contributed by atoms with Crippen LogP contribution in [0.15, 0.2) is 128 Å². The van der Waals surface area contributed by atoms with Gasteiger partial charge in [0.15, 0.2) is 36.4 Å². The number of alkyl halides is 4. The fraction of sp³-hybridized carbons (Fsp3) is 0.783. The van der Waals surface area contributed by atoms with Gasteiger partial charge in [-0.05, 0) is 204 Å². The van der Waals surface area contributed by atoms with Gasteiger partial charge in [0.2, 0.25) is 0 Å². The van der Waals surface area contributed by atoms with E-state index in [1.54, 1.807) is 11.3 Å². The van der Waals surface area contributed by atoms with Crippen molar-refractivity contribution >= 4 is 123 Å². The van der Waals surface area contributed by atoms with Crippen LogP contribution in [-0.2, 0) is 34.5 Å². The Kier molecular flexibility index (Phi) is 121. The van der Waals surface area contributed by atoms with Crippen molar-refractivity contribution < 1.29 is 50.6 Å². The molecule has 23 heteroatoms. The van der Waals surface area contributed by atoms with Crippen LogP contribution in [0.4, 0.5) is 4.48 Å². The van der Waals surface area contributed by atoms with Crippen LogP contribution in [0, 0.1) is 6.92 Å². The van der Waals surface area contributed by atoms with Crippen molar-refractivity contribution in [3.8, 4) is 0 Å². The average Bonchev–Trinajstić information content (AvgIpc) is 0.853. The van der Waals surface area contributed by atoms with Crippen LogP contribution < -0.4 is 22.0 Å². The summed E-state index contributed by atoms with van der Waals surface area (Å²) in [6.07, 6.45) is 103. The van der Waals surface area contributed by atoms with Gasteiger partial charge in [0.1, 0.15) is 0 Å². The van der Waals surface area contributed by atoms with Crippen LogP contribution in [0.1, 0.15) is 463 Å². The molecule has 808 valence electrons. The predicted octanol–water partition coefficient (Wildman–Crippen LogP) is 35.9. The number of unbranched alkanes of at least 4 members (excludes halogenated alkanes) is 52. The molecule has 5 aromatic heterocycles. The Labute approximate surface area is 919 Å². The molecule has 0 saturated heterocycles. The maximum Gasteiger partial charge on any atom is -1.00 e. The number of aromatic nitrogens is 5. The maximum absolute atomic E-state index is 10.1. The fourth-order valence-electron chi connectivity index (χ4n) is 14.0. The van der Waals surface area contributed by atoms with Gasteiger partial charge >= 0.3 is 18.5 Å². The van der Waals surface area contributed by atoms with Gasteiger partial charge in [-0.25, -0.2) is 4.98 Å². The Hall–Kier alpha value is -0.834. The van der Waals surface area contributed by atoms with Gasteiger partial charge in [-0.1, -0.05) is 459 Å². The molecule has 0 amide bonds. The molecule has 0 saturated carbocycles. The molecule has 0 aliphatic rings. The molecule has 0 aliphatic heterocycles. The van der Waals surface area contributed by atoms with Crippen LogP contribution in [0.2, 0.25) is 54.4 Å². The zero-order chi connectivity index (χ0) is 103. The van der Waals surface area contributed by atoms with Gasteiger partial charge < -0.3 is 41.2 Å². The van der Waals surface area contributed by atoms with Crippen molar-refractivity contribution in [2.24, 2.45) is 5.12 Å². The van der Waals surface area contributed by atoms with E-state index < -0.39 is 24.0 Å². The van der Waals surface area contributed by atoms with Crippen molar-refractivity contribution in [1.82, 2.24) is 19.9 Å². The SMILES string of the molecule is Br.BrCCCCCCCCCCCCc1ccc[nH+]c1.BrCCCCCCCCCCCCc1cccnc1.CC(C)(C)[Si](C)(C)Cl.CC(C)(C)[Si](C)(C)OCCCCCCCCCCCBr.CC(C)(C)[Si](C)(C)OCCCCCCCCCCCCc1cccnc1.CO.Cc1cccnc1.OCCCCCCCCCCCBr.OCCCCCCCCCCCCc1cccnc1.[3H]B=NF.[Br-]. The number of pyridine rings is 5. The molecule has 0 spiro atoms. The molecular weight excluding hydrogens is 2170 g/mol. The molecule has 0 bridgehead atoms. The van der Waals surface area contributed by atoms with Gasteiger partial charge in [-0.3, -0.25) is 19.9 Å². The van der Waals surface area contributed by atoms with Gasteiger partial charge in [-0.2, -0.15) is 11.1 Å². The summed E-state index contributed by atoms with van der Waals surface area (Å²) in [7, 11) is -3.08. The van der Waals surface area contributed by atoms with Crippen LogP contribution in [0.3, 0.4) is 0 Å². The number of aromatic amines is 1. The number of nitrogens with one attached hydrogen (secondary N) is 1.